The summed E-state index contributed by atoms with van der Waals surface area (Å²) >= 11 is 6.54. The van der Waals surface area contributed by atoms with Gasteiger partial charge in [-0.15, -0.1) is 11.3 Å². The molecule has 0 radical (unpaired) electrons. The van der Waals surface area contributed by atoms with Crippen LogP contribution < -0.4 is 5.32 Å². The first-order valence-electron chi connectivity index (χ1n) is 6.11. The fourth-order valence-electron chi connectivity index (χ4n) is 2.38. The molecule has 0 aromatic carbocycles. The van der Waals surface area contributed by atoms with Crippen molar-refractivity contribution in [3.8, 4) is 0 Å². The van der Waals surface area contributed by atoms with E-state index in [-0.39, 0.29) is 18.1 Å². The average Bonchev–Trinajstić information content (AvgIpc) is 2.86. The van der Waals surface area contributed by atoms with Gasteiger partial charge < -0.3 is 15.0 Å². The summed E-state index contributed by atoms with van der Waals surface area (Å²) in [4.78, 5) is 16.1. The molecule has 1 aliphatic rings. The number of carbonyl (C=O) groups excluding carboxylic acids is 1. The summed E-state index contributed by atoms with van der Waals surface area (Å²) in [5, 5.41) is 3.06. The van der Waals surface area contributed by atoms with Crippen molar-refractivity contribution < 1.29 is 9.53 Å². The molecule has 1 aromatic heterocycles. The van der Waals surface area contributed by atoms with Crippen molar-refractivity contribution >= 4 is 29.5 Å². The molecule has 0 bridgehead atoms. The van der Waals surface area contributed by atoms with E-state index in [9.17, 15) is 4.79 Å². The Morgan fingerprint density at radius 3 is 3.00 bits per heavy atom. The van der Waals surface area contributed by atoms with Crippen molar-refractivity contribution in [1.29, 1.82) is 0 Å². The predicted octanol–water partition coefficient (Wildman–Crippen LogP) is 2.34. The van der Waals surface area contributed by atoms with Crippen LogP contribution in [0.3, 0.4) is 0 Å². The second-order valence-corrected chi connectivity index (χ2v) is 6.39. The molecule has 18 heavy (non-hydrogen) atoms. The van der Waals surface area contributed by atoms with E-state index >= 15 is 0 Å². The number of aromatic nitrogens is 1. The maximum absolute atomic E-state index is 12.0. The molecule has 6 heteroatoms. The van der Waals surface area contributed by atoms with E-state index in [1.54, 1.807) is 7.11 Å². The summed E-state index contributed by atoms with van der Waals surface area (Å²) in [6.07, 6.45) is 3.72. The molecule has 1 aromatic rings. The Morgan fingerprint density at radius 2 is 2.39 bits per heavy atom. The molecule has 0 saturated heterocycles. The smallest absolute Gasteiger partial charge is 0.225 e. The van der Waals surface area contributed by atoms with E-state index in [0.717, 1.165) is 33.8 Å². The van der Waals surface area contributed by atoms with Crippen molar-refractivity contribution in [3.05, 3.63) is 14.5 Å². The average molecular weight is 286 g/mol. The number of hydrogen-bond acceptors (Lipinski definition) is 4. The number of carbonyl (C=O) groups is 1. The number of ether oxygens (including phenoxy) is 1. The lowest BCUT2D eigenvalue weighted by atomic mass is 10.2. The van der Waals surface area contributed by atoms with Crippen LogP contribution in [0.1, 0.15) is 29.8 Å². The van der Waals surface area contributed by atoms with Crippen LogP contribution in [-0.4, -0.2) is 30.1 Å². The maximum atomic E-state index is 12.0. The first-order chi connectivity index (χ1) is 8.60. The van der Waals surface area contributed by atoms with E-state index in [0.29, 0.717) is 6.42 Å². The van der Waals surface area contributed by atoms with Gasteiger partial charge in [-0.25, -0.2) is 0 Å². The third-order valence-electron chi connectivity index (χ3n) is 3.35. The van der Waals surface area contributed by atoms with Crippen LogP contribution in [0, 0.1) is 10.9 Å². The van der Waals surface area contributed by atoms with Crippen molar-refractivity contribution in [1.82, 2.24) is 10.3 Å². The number of aromatic amines is 1. The lowest BCUT2D eigenvalue weighted by Crippen LogP contribution is -2.41. The topological polar surface area (TPSA) is 54.1 Å². The lowest BCUT2D eigenvalue weighted by molar-refractivity contribution is -0.121. The standard InChI is InChI=1S/C12H18N2O2S2/c1-7-10(18-12(17)13-7)6-11(15)14-8-4-3-5-9(8)16-2/h8-9H,3-6H2,1-2H3,(H,13,17)(H,14,15)/t8-,9+/m1/s1. The number of rotatable bonds is 4. The number of methoxy groups -OCH3 is 1. The van der Waals surface area contributed by atoms with Gasteiger partial charge in [0.15, 0.2) is 3.95 Å². The number of hydrogen-bond donors (Lipinski definition) is 2. The van der Waals surface area contributed by atoms with Gasteiger partial charge in [-0.2, -0.15) is 0 Å². The number of thiazole rings is 1. The molecule has 2 atom stereocenters. The van der Waals surface area contributed by atoms with Crippen molar-refractivity contribution in [2.45, 2.75) is 44.8 Å². The van der Waals surface area contributed by atoms with Gasteiger partial charge in [-0.05, 0) is 38.4 Å². The minimum absolute atomic E-state index is 0.0531. The highest BCUT2D eigenvalue weighted by molar-refractivity contribution is 7.73. The summed E-state index contributed by atoms with van der Waals surface area (Å²) in [5.41, 5.74) is 0.995. The predicted molar refractivity (Wildman–Crippen MR) is 74.5 cm³/mol. The summed E-state index contributed by atoms with van der Waals surface area (Å²) in [6, 6.07) is 0.162. The molecule has 1 fully saturated rings. The van der Waals surface area contributed by atoms with Gasteiger partial charge in [0.1, 0.15) is 0 Å². The zero-order valence-corrected chi connectivity index (χ0v) is 12.2. The number of aryl methyl sites for hydroxylation is 1. The van der Waals surface area contributed by atoms with Crippen molar-refractivity contribution in [2.24, 2.45) is 0 Å². The Kier molecular flexibility index (Phi) is 4.53. The quantitative estimate of drug-likeness (QED) is 0.835. The molecule has 1 saturated carbocycles. The molecule has 0 aliphatic heterocycles. The van der Waals surface area contributed by atoms with Crippen molar-refractivity contribution in [2.75, 3.05) is 7.11 Å². The highest BCUT2D eigenvalue weighted by atomic mass is 32.1. The maximum Gasteiger partial charge on any atom is 0.225 e. The van der Waals surface area contributed by atoms with E-state index in [2.05, 4.69) is 10.3 Å². The summed E-state index contributed by atoms with van der Waals surface area (Å²) in [6.45, 7) is 1.95. The Bertz CT molecular complexity index is 481. The van der Waals surface area contributed by atoms with E-state index in [1.165, 1.54) is 11.3 Å². The molecule has 0 spiro atoms. The molecule has 0 unspecified atom stereocenters. The number of H-pyrrole nitrogens is 1. The lowest BCUT2D eigenvalue weighted by Gasteiger charge is -2.19. The zero-order valence-electron chi connectivity index (χ0n) is 10.6. The van der Waals surface area contributed by atoms with Gasteiger partial charge in [0, 0.05) is 17.7 Å². The Morgan fingerprint density at radius 1 is 1.61 bits per heavy atom. The van der Waals surface area contributed by atoms with Crippen LogP contribution in [-0.2, 0) is 16.0 Å². The largest absolute Gasteiger partial charge is 0.379 e. The Labute approximate surface area is 116 Å². The number of nitrogens with one attached hydrogen (secondary N) is 2. The summed E-state index contributed by atoms with van der Waals surface area (Å²) in [5.74, 6) is 0.0531. The molecule has 1 heterocycles. The van der Waals surface area contributed by atoms with Crippen molar-refractivity contribution in [3.63, 3.8) is 0 Å². The molecule has 100 valence electrons. The molecular formula is C12H18N2O2S2. The summed E-state index contributed by atoms with van der Waals surface area (Å²) in [7, 11) is 1.71. The number of amides is 1. The van der Waals surface area contributed by atoms with Crippen LogP contribution in [0.25, 0.3) is 0 Å². The van der Waals surface area contributed by atoms with Gasteiger partial charge in [0.05, 0.1) is 18.6 Å². The molecule has 2 rings (SSSR count). The third-order valence-corrected chi connectivity index (χ3v) is 4.68. The van der Waals surface area contributed by atoms with Gasteiger partial charge in [-0.1, -0.05) is 0 Å². The fraction of sp³-hybridized carbons (Fsp3) is 0.667. The van der Waals surface area contributed by atoms with Crippen LogP contribution >= 0.6 is 23.6 Å². The zero-order chi connectivity index (χ0) is 13.1. The first kappa shape index (κ1) is 13.7. The van der Waals surface area contributed by atoms with E-state index in [1.807, 2.05) is 6.92 Å². The molecule has 4 nitrogen and oxygen atoms in total. The van der Waals surface area contributed by atoms with Gasteiger partial charge in [0.25, 0.3) is 0 Å². The van der Waals surface area contributed by atoms with Gasteiger partial charge in [-0.3, -0.25) is 4.79 Å². The molecular weight excluding hydrogens is 268 g/mol. The van der Waals surface area contributed by atoms with Crippen LogP contribution in [0.5, 0.6) is 0 Å². The third kappa shape index (κ3) is 3.18. The highest BCUT2D eigenvalue weighted by Gasteiger charge is 2.28. The van der Waals surface area contributed by atoms with Gasteiger partial charge in [0.2, 0.25) is 5.91 Å². The minimum atomic E-state index is 0.0531. The monoisotopic (exact) mass is 286 g/mol. The van der Waals surface area contributed by atoms with Crippen LogP contribution in [0.15, 0.2) is 0 Å². The SMILES string of the molecule is CO[C@H]1CCC[C@H]1NC(=O)Cc1sc(=S)[nH]c1C. The molecule has 1 aliphatic carbocycles. The Balaban J connectivity index is 1.92. The van der Waals surface area contributed by atoms with E-state index < -0.39 is 0 Å². The second kappa shape index (κ2) is 5.95. The fourth-order valence-corrected chi connectivity index (χ4v) is 3.67. The van der Waals surface area contributed by atoms with Crippen LogP contribution in [0.4, 0.5) is 0 Å². The highest BCUT2D eigenvalue weighted by Crippen LogP contribution is 2.22. The second-order valence-electron chi connectivity index (χ2n) is 4.62. The summed E-state index contributed by atoms with van der Waals surface area (Å²) < 4.78 is 6.10. The van der Waals surface area contributed by atoms with Crippen LogP contribution in [0.2, 0.25) is 0 Å². The first-order valence-corrected chi connectivity index (χ1v) is 7.33. The normalized spacial score (nSPS) is 23.2. The van der Waals surface area contributed by atoms with Gasteiger partial charge >= 0.3 is 0 Å². The molecule has 1 amide bonds. The minimum Gasteiger partial charge on any atom is -0.379 e. The van der Waals surface area contributed by atoms with E-state index in [4.69, 9.17) is 17.0 Å². The Hall–Kier alpha value is -0.720. The molecule has 2 N–H and O–H groups in total.